The van der Waals surface area contributed by atoms with E-state index in [9.17, 15) is 9.59 Å². The molecule has 1 atom stereocenters. The zero-order valence-corrected chi connectivity index (χ0v) is 12.4. The number of piperidine rings is 1. The van der Waals surface area contributed by atoms with E-state index in [-0.39, 0.29) is 23.9 Å². The van der Waals surface area contributed by atoms with Crippen LogP contribution in [-0.2, 0) is 9.59 Å². The van der Waals surface area contributed by atoms with Crippen molar-refractivity contribution in [3.8, 4) is 0 Å². The molecular weight excluding hydrogens is 244 g/mol. The lowest BCUT2D eigenvalue weighted by Gasteiger charge is -2.35. The van der Waals surface area contributed by atoms with E-state index in [4.69, 9.17) is 5.11 Å². The Balaban J connectivity index is 2.58. The van der Waals surface area contributed by atoms with Crippen LogP contribution >= 0.6 is 0 Å². The monoisotopic (exact) mass is 270 g/mol. The van der Waals surface area contributed by atoms with Crippen LogP contribution in [0.15, 0.2) is 0 Å². The second-order valence-electron chi connectivity index (χ2n) is 5.90. The number of carboxylic acids is 1. The number of aliphatic carboxylic acids is 1. The van der Waals surface area contributed by atoms with E-state index in [1.54, 1.807) is 0 Å². The molecule has 1 saturated heterocycles. The second-order valence-corrected chi connectivity index (χ2v) is 5.90. The van der Waals surface area contributed by atoms with E-state index in [0.29, 0.717) is 13.1 Å². The molecule has 110 valence electrons. The SMILES string of the molecule is CC(C)N(C(=O)CN1CCCC(C(=O)O)C1)C(C)C. The van der Waals surface area contributed by atoms with Crippen LogP contribution < -0.4 is 0 Å². The molecule has 1 N–H and O–H groups in total. The number of hydrogen-bond donors (Lipinski definition) is 1. The predicted molar refractivity (Wildman–Crippen MR) is 73.9 cm³/mol. The van der Waals surface area contributed by atoms with Crippen LogP contribution in [0.1, 0.15) is 40.5 Å². The Hall–Kier alpha value is -1.10. The molecule has 1 unspecified atom stereocenters. The standard InChI is InChI=1S/C14H26N2O3/c1-10(2)16(11(3)4)13(17)9-15-7-5-6-12(8-15)14(18)19/h10-12H,5-9H2,1-4H3,(H,18,19). The molecule has 0 bridgehead atoms. The fraction of sp³-hybridized carbons (Fsp3) is 0.857. The first-order chi connectivity index (χ1) is 8.82. The average molecular weight is 270 g/mol. The van der Waals surface area contributed by atoms with Crippen molar-refractivity contribution >= 4 is 11.9 Å². The molecule has 0 radical (unpaired) electrons. The van der Waals surface area contributed by atoms with Crippen molar-refractivity contribution in [2.45, 2.75) is 52.6 Å². The zero-order valence-electron chi connectivity index (χ0n) is 12.4. The maximum absolute atomic E-state index is 12.3. The van der Waals surface area contributed by atoms with Crippen molar-refractivity contribution in [2.75, 3.05) is 19.6 Å². The molecule has 0 saturated carbocycles. The number of nitrogens with zero attached hydrogens (tertiary/aromatic N) is 2. The fourth-order valence-corrected chi connectivity index (χ4v) is 2.85. The highest BCUT2D eigenvalue weighted by Gasteiger charge is 2.28. The van der Waals surface area contributed by atoms with Gasteiger partial charge >= 0.3 is 5.97 Å². The molecule has 1 amide bonds. The lowest BCUT2D eigenvalue weighted by molar-refractivity contribution is -0.145. The summed E-state index contributed by atoms with van der Waals surface area (Å²) in [6.45, 7) is 9.68. The summed E-state index contributed by atoms with van der Waals surface area (Å²) < 4.78 is 0. The van der Waals surface area contributed by atoms with Gasteiger partial charge in [0.15, 0.2) is 0 Å². The Labute approximate surface area is 115 Å². The van der Waals surface area contributed by atoms with E-state index in [1.807, 2.05) is 37.5 Å². The lowest BCUT2D eigenvalue weighted by Crippen LogP contribution is -2.49. The van der Waals surface area contributed by atoms with Gasteiger partial charge in [-0.15, -0.1) is 0 Å². The summed E-state index contributed by atoms with van der Waals surface area (Å²) in [7, 11) is 0. The summed E-state index contributed by atoms with van der Waals surface area (Å²) in [4.78, 5) is 27.2. The summed E-state index contributed by atoms with van der Waals surface area (Å²) in [5, 5.41) is 9.05. The van der Waals surface area contributed by atoms with Gasteiger partial charge in [0.25, 0.3) is 0 Å². The number of carbonyl (C=O) groups excluding carboxylic acids is 1. The van der Waals surface area contributed by atoms with E-state index < -0.39 is 5.97 Å². The molecule has 1 fully saturated rings. The summed E-state index contributed by atoms with van der Waals surface area (Å²) in [6, 6.07) is 0.347. The van der Waals surface area contributed by atoms with Crippen LogP contribution in [0.5, 0.6) is 0 Å². The fourth-order valence-electron chi connectivity index (χ4n) is 2.85. The Kier molecular flexibility index (Phi) is 5.79. The molecule has 1 rings (SSSR count). The summed E-state index contributed by atoms with van der Waals surface area (Å²) in [6.07, 6.45) is 1.58. The van der Waals surface area contributed by atoms with Crippen molar-refractivity contribution < 1.29 is 14.7 Å². The van der Waals surface area contributed by atoms with Crippen LogP contribution in [-0.4, -0.2) is 58.5 Å². The third kappa shape index (κ3) is 4.49. The average Bonchev–Trinajstić information content (AvgIpc) is 2.27. The van der Waals surface area contributed by atoms with Crippen LogP contribution in [0.2, 0.25) is 0 Å². The third-order valence-electron chi connectivity index (χ3n) is 3.61. The maximum Gasteiger partial charge on any atom is 0.307 e. The van der Waals surface area contributed by atoms with Gasteiger partial charge in [-0.3, -0.25) is 14.5 Å². The molecule has 0 aliphatic carbocycles. The van der Waals surface area contributed by atoms with Crippen LogP contribution in [0.3, 0.4) is 0 Å². The summed E-state index contributed by atoms with van der Waals surface area (Å²) >= 11 is 0. The summed E-state index contributed by atoms with van der Waals surface area (Å²) in [5.41, 5.74) is 0. The first kappa shape index (κ1) is 16.0. The van der Waals surface area contributed by atoms with Gasteiger partial charge in [-0.05, 0) is 47.1 Å². The largest absolute Gasteiger partial charge is 0.481 e. The van der Waals surface area contributed by atoms with Gasteiger partial charge in [0.05, 0.1) is 12.5 Å². The predicted octanol–water partition coefficient (Wildman–Crippen LogP) is 1.43. The van der Waals surface area contributed by atoms with E-state index in [1.165, 1.54) is 0 Å². The first-order valence-corrected chi connectivity index (χ1v) is 7.09. The minimum absolute atomic E-state index is 0.0936. The minimum atomic E-state index is -0.748. The van der Waals surface area contributed by atoms with Crippen LogP contribution in [0.4, 0.5) is 0 Å². The van der Waals surface area contributed by atoms with Crippen molar-refractivity contribution in [1.82, 2.24) is 9.80 Å². The normalized spacial score (nSPS) is 20.8. The number of rotatable bonds is 5. The van der Waals surface area contributed by atoms with Crippen LogP contribution in [0.25, 0.3) is 0 Å². The van der Waals surface area contributed by atoms with E-state index in [0.717, 1.165) is 19.4 Å². The molecule has 0 spiro atoms. The zero-order chi connectivity index (χ0) is 14.6. The Morgan fingerprint density at radius 1 is 1.26 bits per heavy atom. The molecule has 0 aromatic rings. The van der Waals surface area contributed by atoms with Crippen molar-refractivity contribution in [3.63, 3.8) is 0 Å². The quantitative estimate of drug-likeness (QED) is 0.821. The molecule has 5 heteroatoms. The molecule has 0 aromatic heterocycles. The summed E-state index contributed by atoms with van der Waals surface area (Å²) in [5.74, 6) is -0.981. The van der Waals surface area contributed by atoms with E-state index in [2.05, 4.69) is 0 Å². The highest BCUT2D eigenvalue weighted by atomic mass is 16.4. The van der Waals surface area contributed by atoms with Gasteiger partial charge < -0.3 is 10.0 Å². The molecule has 5 nitrogen and oxygen atoms in total. The molecule has 1 heterocycles. The Morgan fingerprint density at radius 3 is 2.32 bits per heavy atom. The van der Waals surface area contributed by atoms with Crippen molar-refractivity contribution in [3.05, 3.63) is 0 Å². The number of hydrogen-bond acceptors (Lipinski definition) is 3. The molecule has 1 aliphatic rings. The number of amides is 1. The maximum atomic E-state index is 12.3. The van der Waals surface area contributed by atoms with E-state index >= 15 is 0 Å². The second kappa shape index (κ2) is 6.89. The Morgan fingerprint density at radius 2 is 1.84 bits per heavy atom. The topological polar surface area (TPSA) is 60.9 Å². The first-order valence-electron chi connectivity index (χ1n) is 7.09. The van der Waals surface area contributed by atoms with Gasteiger partial charge in [-0.2, -0.15) is 0 Å². The molecule has 19 heavy (non-hydrogen) atoms. The van der Waals surface area contributed by atoms with Gasteiger partial charge in [-0.25, -0.2) is 0 Å². The number of carboxylic acid groups (broad SMARTS) is 1. The molecular formula is C14H26N2O3. The van der Waals surface area contributed by atoms with Gasteiger partial charge in [-0.1, -0.05) is 0 Å². The number of carbonyl (C=O) groups is 2. The van der Waals surface area contributed by atoms with Gasteiger partial charge in [0.2, 0.25) is 5.91 Å². The highest BCUT2D eigenvalue weighted by molar-refractivity contribution is 5.79. The lowest BCUT2D eigenvalue weighted by atomic mass is 9.98. The minimum Gasteiger partial charge on any atom is -0.481 e. The van der Waals surface area contributed by atoms with Crippen LogP contribution in [0, 0.1) is 5.92 Å². The Bertz CT molecular complexity index is 321. The highest BCUT2D eigenvalue weighted by Crippen LogP contribution is 2.17. The van der Waals surface area contributed by atoms with Gasteiger partial charge in [0, 0.05) is 18.6 Å². The number of likely N-dealkylation sites (tertiary alicyclic amines) is 1. The van der Waals surface area contributed by atoms with Gasteiger partial charge in [0.1, 0.15) is 0 Å². The van der Waals surface area contributed by atoms with Crippen molar-refractivity contribution in [1.29, 1.82) is 0 Å². The third-order valence-corrected chi connectivity index (χ3v) is 3.61. The smallest absolute Gasteiger partial charge is 0.307 e. The molecule has 0 aromatic carbocycles. The molecule has 1 aliphatic heterocycles. The van der Waals surface area contributed by atoms with Crippen molar-refractivity contribution in [2.24, 2.45) is 5.92 Å².